The van der Waals surface area contributed by atoms with E-state index in [1.54, 1.807) is 0 Å². The number of hydrogen-bond donors (Lipinski definition) is 1. The number of ether oxygens (including phenoxy) is 4. The van der Waals surface area contributed by atoms with Gasteiger partial charge in [0.2, 0.25) is 0 Å². The number of thioether (sulfide) groups is 1. The Balaban J connectivity index is 2.83. The zero-order valence-corrected chi connectivity index (χ0v) is 17.1. The number of halogens is 3. The van der Waals surface area contributed by atoms with Crippen LogP contribution >= 0.6 is 11.8 Å². The minimum absolute atomic E-state index is 0.0240. The van der Waals surface area contributed by atoms with Gasteiger partial charge in [-0.1, -0.05) is 11.8 Å². The van der Waals surface area contributed by atoms with Crippen LogP contribution in [-0.2, 0) is 33.3 Å². The number of nitrogens with one attached hydrogen (secondary N) is 1. The van der Waals surface area contributed by atoms with E-state index in [1.165, 1.54) is 20.8 Å². The van der Waals surface area contributed by atoms with E-state index in [1.807, 2.05) is 0 Å². The minimum Gasteiger partial charge on any atom is -0.463 e. The smallest absolute Gasteiger partial charge is 0.405 e. The number of aliphatic imine (C=N–C) groups is 1. The Morgan fingerprint density at radius 3 is 2.31 bits per heavy atom. The van der Waals surface area contributed by atoms with Gasteiger partial charge >= 0.3 is 24.1 Å². The summed E-state index contributed by atoms with van der Waals surface area (Å²) in [5.74, 6) is -1.94. The quantitative estimate of drug-likeness (QED) is 0.416. The number of nitrogens with zero attached hydrogens (tertiary/aromatic N) is 1. The molecule has 1 aliphatic heterocycles. The Labute approximate surface area is 169 Å². The first-order valence-corrected chi connectivity index (χ1v) is 9.40. The van der Waals surface area contributed by atoms with Crippen LogP contribution in [0.3, 0.4) is 0 Å². The van der Waals surface area contributed by atoms with Crippen LogP contribution in [0.15, 0.2) is 4.99 Å². The lowest BCUT2D eigenvalue weighted by atomic mass is 10.1. The molecule has 166 valence electrons. The first-order chi connectivity index (χ1) is 13.4. The van der Waals surface area contributed by atoms with Crippen LogP contribution in [-0.4, -0.2) is 72.7 Å². The largest absolute Gasteiger partial charge is 0.463 e. The predicted molar refractivity (Wildman–Crippen MR) is 96.0 cm³/mol. The van der Waals surface area contributed by atoms with E-state index >= 15 is 0 Å². The van der Waals surface area contributed by atoms with E-state index in [4.69, 9.17) is 18.9 Å². The maximum absolute atomic E-state index is 12.3. The highest BCUT2D eigenvalue weighted by molar-refractivity contribution is 8.14. The summed E-state index contributed by atoms with van der Waals surface area (Å²) in [6.45, 7) is 3.39. The monoisotopic (exact) mass is 444 g/mol. The second kappa shape index (κ2) is 11.2. The van der Waals surface area contributed by atoms with Gasteiger partial charge in [0.15, 0.2) is 11.3 Å². The molecule has 0 amide bonds. The summed E-state index contributed by atoms with van der Waals surface area (Å²) in [5.41, 5.74) is -0.728. The Morgan fingerprint density at radius 2 is 1.79 bits per heavy atom. The van der Waals surface area contributed by atoms with E-state index in [9.17, 15) is 27.6 Å². The Bertz CT molecular complexity index is 630. The van der Waals surface area contributed by atoms with Crippen molar-refractivity contribution >= 4 is 34.8 Å². The Morgan fingerprint density at radius 1 is 1.17 bits per heavy atom. The summed E-state index contributed by atoms with van der Waals surface area (Å²) in [5, 5.41) is 2.19. The van der Waals surface area contributed by atoms with Crippen LogP contribution in [0.4, 0.5) is 13.2 Å². The van der Waals surface area contributed by atoms with Gasteiger partial charge in [-0.05, 0) is 6.92 Å². The molecule has 4 atom stereocenters. The van der Waals surface area contributed by atoms with Crippen LogP contribution in [0.1, 0.15) is 27.7 Å². The molecule has 0 fully saturated rings. The standard InChI is InChI=1S/C16H23F3N2O7S/c1-8(26-10(3)23)14(27-11(4)24)12(6-25-9(2)22)28-13-5-20-15(29-13)21-7-16(17,18)19/h8,12-14H,5-7H2,1-4H3,(H,20,21)/t8-,12-,13?,14+/m1/s1. The van der Waals surface area contributed by atoms with Gasteiger partial charge in [0.05, 0.1) is 6.54 Å². The molecule has 1 N–H and O–H groups in total. The van der Waals surface area contributed by atoms with Gasteiger partial charge in [-0.15, -0.1) is 0 Å². The number of esters is 3. The van der Waals surface area contributed by atoms with E-state index in [0.717, 1.165) is 18.7 Å². The molecular formula is C16H23F3N2O7S. The van der Waals surface area contributed by atoms with E-state index in [0.29, 0.717) is 0 Å². The Kier molecular flexibility index (Phi) is 9.70. The second-order valence-corrected chi connectivity index (χ2v) is 7.18. The lowest BCUT2D eigenvalue weighted by Crippen LogP contribution is -2.46. The molecule has 29 heavy (non-hydrogen) atoms. The number of alkyl halides is 3. The molecule has 1 aliphatic rings. The zero-order valence-electron chi connectivity index (χ0n) is 16.3. The molecule has 0 aliphatic carbocycles. The Hall–Kier alpha value is -2.02. The van der Waals surface area contributed by atoms with Crippen molar-refractivity contribution in [3.63, 3.8) is 0 Å². The fourth-order valence-electron chi connectivity index (χ4n) is 2.30. The summed E-state index contributed by atoms with van der Waals surface area (Å²) in [6, 6.07) is 0. The van der Waals surface area contributed by atoms with Crippen molar-refractivity contribution < 1.29 is 46.5 Å². The zero-order chi connectivity index (χ0) is 22.2. The molecular weight excluding hydrogens is 421 g/mol. The average Bonchev–Trinajstić information content (AvgIpc) is 3.00. The topological polar surface area (TPSA) is 113 Å². The van der Waals surface area contributed by atoms with Gasteiger partial charge in [-0.2, -0.15) is 13.2 Å². The van der Waals surface area contributed by atoms with Crippen molar-refractivity contribution in [1.29, 1.82) is 0 Å². The summed E-state index contributed by atoms with van der Waals surface area (Å²) in [6.07, 6.45) is -7.51. The molecule has 13 heteroatoms. The van der Waals surface area contributed by atoms with Crippen molar-refractivity contribution in [2.75, 3.05) is 19.7 Å². The van der Waals surface area contributed by atoms with Crippen molar-refractivity contribution in [2.24, 2.45) is 4.99 Å². The highest BCUT2D eigenvalue weighted by Crippen LogP contribution is 2.26. The lowest BCUT2D eigenvalue weighted by molar-refractivity contribution is -0.184. The fourth-order valence-corrected chi connectivity index (χ4v) is 3.20. The van der Waals surface area contributed by atoms with Crippen molar-refractivity contribution in [1.82, 2.24) is 5.32 Å². The van der Waals surface area contributed by atoms with Crippen molar-refractivity contribution in [2.45, 2.75) is 57.6 Å². The van der Waals surface area contributed by atoms with E-state index in [-0.39, 0.29) is 18.3 Å². The summed E-state index contributed by atoms with van der Waals surface area (Å²) < 4.78 is 57.9. The van der Waals surface area contributed by atoms with Gasteiger partial charge in [0.25, 0.3) is 0 Å². The second-order valence-electron chi connectivity index (χ2n) is 6.03. The van der Waals surface area contributed by atoms with Crippen LogP contribution in [0.2, 0.25) is 0 Å². The third-order valence-electron chi connectivity index (χ3n) is 3.33. The maximum Gasteiger partial charge on any atom is 0.405 e. The molecule has 0 aromatic heterocycles. The third-order valence-corrected chi connectivity index (χ3v) is 4.35. The molecule has 0 aromatic rings. The van der Waals surface area contributed by atoms with Gasteiger partial charge in [0, 0.05) is 20.8 Å². The molecule has 0 saturated heterocycles. The van der Waals surface area contributed by atoms with Crippen LogP contribution < -0.4 is 5.32 Å². The van der Waals surface area contributed by atoms with E-state index in [2.05, 4.69) is 10.3 Å². The van der Waals surface area contributed by atoms with Crippen molar-refractivity contribution in [3.8, 4) is 0 Å². The van der Waals surface area contributed by atoms with Gasteiger partial charge in [0.1, 0.15) is 30.8 Å². The number of amidine groups is 1. The van der Waals surface area contributed by atoms with Gasteiger partial charge in [-0.25, -0.2) is 0 Å². The molecule has 1 unspecified atom stereocenters. The average molecular weight is 444 g/mol. The molecule has 0 bridgehead atoms. The van der Waals surface area contributed by atoms with Crippen LogP contribution in [0, 0.1) is 0 Å². The first kappa shape index (κ1) is 25.0. The van der Waals surface area contributed by atoms with E-state index < -0.39 is 54.4 Å². The molecule has 0 saturated carbocycles. The maximum atomic E-state index is 12.3. The van der Waals surface area contributed by atoms with Gasteiger partial charge < -0.3 is 24.3 Å². The normalized spacial score (nSPS) is 19.6. The molecule has 1 heterocycles. The highest BCUT2D eigenvalue weighted by Gasteiger charge is 2.37. The van der Waals surface area contributed by atoms with Crippen LogP contribution in [0.25, 0.3) is 0 Å². The molecule has 0 spiro atoms. The van der Waals surface area contributed by atoms with Crippen LogP contribution in [0.5, 0.6) is 0 Å². The lowest BCUT2D eigenvalue weighted by Gasteiger charge is -2.31. The summed E-state index contributed by atoms with van der Waals surface area (Å²) in [7, 11) is 0. The molecule has 0 radical (unpaired) electrons. The fraction of sp³-hybridized carbons (Fsp3) is 0.750. The highest BCUT2D eigenvalue weighted by atomic mass is 32.2. The number of rotatable bonds is 9. The summed E-state index contributed by atoms with van der Waals surface area (Å²) in [4.78, 5) is 37.9. The number of carbonyl (C=O) groups is 3. The predicted octanol–water partition coefficient (Wildman–Crippen LogP) is 1.40. The number of carbonyl (C=O) groups excluding carboxylic acids is 3. The summed E-state index contributed by atoms with van der Waals surface area (Å²) >= 11 is 0.904. The van der Waals surface area contributed by atoms with Crippen molar-refractivity contribution in [3.05, 3.63) is 0 Å². The molecule has 9 nitrogen and oxygen atoms in total. The molecule has 1 rings (SSSR count). The minimum atomic E-state index is -4.40. The molecule has 0 aromatic carbocycles. The first-order valence-electron chi connectivity index (χ1n) is 8.52. The van der Waals surface area contributed by atoms with Gasteiger partial charge in [-0.3, -0.25) is 19.4 Å². The number of hydrogen-bond acceptors (Lipinski definition) is 10. The SMILES string of the molecule is CC(=O)OC[C@@H](OC1CN=C(NCC(F)(F)F)S1)[C@@H](OC(C)=O)[C@@H](C)OC(C)=O. The third kappa shape index (κ3) is 10.4.